The third-order valence-electron chi connectivity index (χ3n) is 3.41. The van der Waals surface area contributed by atoms with Crippen molar-refractivity contribution in [3.8, 4) is 0 Å². The topological polar surface area (TPSA) is 80.9 Å². The molecule has 0 radical (unpaired) electrons. The van der Waals surface area contributed by atoms with E-state index in [9.17, 15) is 9.18 Å². The van der Waals surface area contributed by atoms with Gasteiger partial charge in [0.25, 0.3) is 0 Å². The zero-order valence-corrected chi connectivity index (χ0v) is 13.4. The number of thioether (sulfide) groups is 1. The molecule has 1 atom stereocenters. The molecular formula is C16H17FN4OS. The number of aryl methyl sites for hydroxylation is 1. The average molecular weight is 332 g/mol. The van der Waals surface area contributed by atoms with Crippen molar-refractivity contribution in [2.24, 2.45) is 0 Å². The molecule has 3 N–H and O–H groups in total. The summed E-state index contributed by atoms with van der Waals surface area (Å²) in [5.74, 6) is -0.0932. The third kappa shape index (κ3) is 4.19. The lowest BCUT2D eigenvalue weighted by Crippen LogP contribution is -2.29. The van der Waals surface area contributed by atoms with Gasteiger partial charge in [0, 0.05) is 17.8 Å². The smallest absolute Gasteiger partial charge is 0.238 e. The first-order chi connectivity index (χ1) is 11.0. The van der Waals surface area contributed by atoms with Crippen molar-refractivity contribution < 1.29 is 9.18 Å². The van der Waals surface area contributed by atoms with Crippen LogP contribution < -0.4 is 11.1 Å². The number of hydrogen-bond donors (Lipinski definition) is 2. The Bertz CT molecular complexity index is 698. The average Bonchev–Trinajstić information content (AvgIpc) is 3.29. The standard InChI is InChI=1S/C16H17FN4OS/c1-9-8-13(18)21-16(19-9)23-14(15(22)20-12-6-7-12)10-2-4-11(17)5-3-10/h2-5,8,12,14H,6-7H2,1H3,(H,20,22)(H2,18,19,21). The summed E-state index contributed by atoms with van der Waals surface area (Å²) < 4.78 is 13.2. The highest BCUT2D eigenvalue weighted by Crippen LogP contribution is 2.35. The molecule has 3 rings (SSSR count). The maximum atomic E-state index is 13.2. The zero-order chi connectivity index (χ0) is 16.4. The lowest BCUT2D eigenvalue weighted by Gasteiger charge is -2.16. The van der Waals surface area contributed by atoms with E-state index < -0.39 is 5.25 Å². The quantitative estimate of drug-likeness (QED) is 0.650. The highest BCUT2D eigenvalue weighted by Gasteiger charge is 2.29. The van der Waals surface area contributed by atoms with Crippen LogP contribution in [-0.2, 0) is 4.79 Å². The molecule has 1 heterocycles. The van der Waals surface area contributed by atoms with Crippen molar-refractivity contribution >= 4 is 23.5 Å². The number of hydrogen-bond acceptors (Lipinski definition) is 5. The van der Waals surface area contributed by atoms with E-state index in [2.05, 4.69) is 15.3 Å². The van der Waals surface area contributed by atoms with Gasteiger partial charge in [0.15, 0.2) is 5.16 Å². The maximum absolute atomic E-state index is 13.2. The van der Waals surface area contributed by atoms with Gasteiger partial charge < -0.3 is 11.1 Å². The summed E-state index contributed by atoms with van der Waals surface area (Å²) in [5.41, 5.74) is 7.19. The van der Waals surface area contributed by atoms with E-state index in [1.807, 2.05) is 6.92 Å². The van der Waals surface area contributed by atoms with E-state index in [-0.39, 0.29) is 17.8 Å². The highest BCUT2D eigenvalue weighted by atomic mass is 32.2. The van der Waals surface area contributed by atoms with Crippen LogP contribution in [-0.4, -0.2) is 21.9 Å². The fourth-order valence-electron chi connectivity index (χ4n) is 2.14. The Morgan fingerprint density at radius 1 is 1.35 bits per heavy atom. The van der Waals surface area contributed by atoms with E-state index in [0.29, 0.717) is 16.5 Å². The Morgan fingerprint density at radius 2 is 2.04 bits per heavy atom. The van der Waals surface area contributed by atoms with Crippen molar-refractivity contribution in [3.05, 3.63) is 47.4 Å². The van der Waals surface area contributed by atoms with Crippen LogP contribution >= 0.6 is 11.8 Å². The van der Waals surface area contributed by atoms with Gasteiger partial charge in [-0.1, -0.05) is 23.9 Å². The number of anilines is 1. The second-order valence-electron chi connectivity index (χ2n) is 5.55. The number of nitrogens with one attached hydrogen (secondary N) is 1. The molecule has 0 aliphatic heterocycles. The summed E-state index contributed by atoms with van der Waals surface area (Å²) in [6, 6.07) is 7.82. The molecule has 1 aliphatic carbocycles. The van der Waals surface area contributed by atoms with E-state index in [4.69, 9.17) is 5.73 Å². The van der Waals surface area contributed by atoms with Gasteiger partial charge in [-0.2, -0.15) is 0 Å². The van der Waals surface area contributed by atoms with Gasteiger partial charge in [-0.3, -0.25) is 4.79 Å². The molecule has 1 unspecified atom stereocenters. The first kappa shape index (κ1) is 15.7. The predicted octanol–water partition coefficient (Wildman–Crippen LogP) is 2.62. The lowest BCUT2D eigenvalue weighted by molar-refractivity contribution is -0.120. The van der Waals surface area contributed by atoms with Crippen molar-refractivity contribution in [2.45, 2.75) is 36.2 Å². The molecule has 1 aliphatic rings. The molecule has 120 valence electrons. The Kier molecular flexibility index (Phi) is 4.47. The second kappa shape index (κ2) is 6.54. The van der Waals surface area contributed by atoms with Gasteiger partial charge in [0.05, 0.1) is 0 Å². The fraction of sp³-hybridized carbons (Fsp3) is 0.312. The number of nitrogens with zero attached hydrogens (tertiary/aromatic N) is 2. The van der Waals surface area contributed by atoms with Crippen molar-refractivity contribution in [1.82, 2.24) is 15.3 Å². The molecule has 1 amide bonds. The maximum Gasteiger partial charge on any atom is 0.238 e. The second-order valence-corrected chi connectivity index (χ2v) is 6.62. The molecule has 1 fully saturated rings. The summed E-state index contributed by atoms with van der Waals surface area (Å²) >= 11 is 1.22. The molecular weight excluding hydrogens is 315 g/mol. The molecule has 2 aromatic rings. The molecule has 7 heteroatoms. The molecule has 0 spiro atoms. The summed E-state index contributed by atoms with van der Waals surface area (Å²) in [4.78, 5) is 21.0. The summed E-state index contributed by atoms with van der Waals surface area (Å²) in [6.07, 6.45) is 2.00. The van der Waals surface area contributed by atoms with Gasteiger partial charge in [0.2, 0.25) is 5.91 Å². The molecule has 0 saturated heterocycles. The van der Waals surface area contributed by atoms with E-state index >= 15 is 0 Å². The van der Waals surface area contributed by atoms with Crippen LogP contribution in [0.4, 0.5) is 10.2 Å². The summed E-state index contributed by atoms with van der Waals surface area (Å²) in [6.45, 7) is 1.82. The minimum atomic E-state index is -0.544. The first-order valence-electron chi connectivity index (χ1n) is 7.35. The molecule has 23 heavy (non-hydrogen) atoms. The zero-order valence-electron chi connectivity index (χ0n) is 12.6. The SMILES string of the molecule is Cc1cc(N)nc(SC(C(=O)NC2CC2)c2ccc(F)cc2)n1. The van der Waals surface area contributed by atoms with Crippen molar-refractivity contribution in [1.29, 1.82) is 0 Å². The number of halogens is 1. The first-order valence-corrected chi connectivity index (χ1v) is 8.23. The van der Waals surface area contributed by atoms with Gasteiger partial charge in [0.1, 0.15) is 16.9 Å². The van der Waals surface area contributed by atoms with Crippen LogP contribution in [0.15, 0.2) is 35.5 Å². The van der Waals surface area contributed by atoms with Crippen LogP contribution in [0.2, 0.25) is 0 Å². The van der Waals surface area contributed by atoms with E-state index in [1.54, 1.807) is 18.2 Å². The Labute approximate surface area is 137 Å². The van der Waals surface area contributed by atoms with Crippen LogP contribution in [0, 0.1) is 12.7 Å². The largest absolute Gasteiger partial charge is 0.384 e. The molecule has 1 saturated carbocycles. The highest BCUT2D eigenvalue weighted by molar-refractivity contribution is 8.00. The lowest BCUT2D eigenvalue weighted by atomic mass is 10.1. The molecule has 1 aromatic carbocycles. The normalized spacial score (nSPS) is 15.2. The van der Waals surface area contributed by atoms with Crippen molar-refractivity contribution in [3.63, 3.8) is 0 Å². The Morgan fingerprint density at radius 3 is 2.65 bits per heavy atom. The number of benzene rings is 1. The summed E-state index contributed by atoms with van der Waals surface area (Å²) in [7, 11) is 0. The Hall–Kier alpha value is -2.15. The van der Waals surface area contributed by atoms with Gasteiger partial charge in [-0.05, 0) is 37.5 Å². The third-order valence-corrected chi connectivity index (χ3v) is 4.53. The van der Waals surface area contributed by atoms with Crippen LogP contribution in [0.25, 0.3) is 0 Å². The van der Waals surface area contributed by atoms with Crippen LogP contribution in [0.5, 0.6) is 0 Å². The predicted molar refractivity (Wildman–Crippen MR) is 87.3 cm³/mol. The number of nitrogen functional groups attached to an aromatic ring is 1. The van der Waals surface area contributed by atoms with Gasteiger partial charge in [-0.25, -0.2) is 14.4 Å². The van der Waals surface area contributed by atoms with E-state index in [1.165, 1.54) is 23.9 Å². The van der Waals surface area contributed by atoms with Crippen LogP contribution in [0.3, 0.4) is 0 Å². The number of nitrogens with two attached hydrogens (primary N) is 1. The van der Waals surface area contributed by atoms with E-state index in [0.717, 1.165) is 18.5 Å². The van der Waals surface area contributed by atoms with Gasteiger partial charge >= 0.3 is 0 Å². The number of amides is 1. The number of aromatic nitrogens is 2. The monoisotopic (exact) mass is 332 g/mol. The van der Waals surface area contributed by atoms with Crippen molar-refractivity contribution in [2.75, 3.05) is 5.73 Å². The minimum absolute atomic E-state index is 0.118. The van der Waals surface area contributed by atoms with Gasteiger partial charge in [-0.15, -0.1) is 0 Å². The number of carbonyl (C=O) groups is 1. The molecule has 1 aromatic heterocycles. The Balaban J connectivity index is 1.87. The number of carbonyl (C=O) groups excluding carboxylic acids is 1. The minimum Gasteiger partial charge on any atom is -0.384 e. The molecule has 5 nitrogen and oxygen atoms in total. The summed E-state index contributed by atoms with van der Waals surface area (Å²) in [5, 5.41) is 2.87. The van der Waals surface area contributed by atoms with Crippen LogP contribution in [0.1, 0.15) is 29.3 Å². The molecule has 0 bridgehead atoms. The fourth-order valence-corrected chi connectivity index (χ4v) is 3.17. The number of rotatable bonds is 5.